The number of imidazole rings is 1. The molecule has 2 aromatic heterocycles. The molecule has 0 aliphatic rings. The van der Waals surface area contributed by atoms with E-state index in [-0.39, 0.29) is 11.8 Å². The number of aryl methyl sites for hydroxylation is 1. The van der Waals surface area contributed by atoms with Crippen molar-refractivity contribution in [3.63, 3.8) is 0 Å². The predicted molar refractivity (Wildman–Crippen MR) is 118 cm³/mol. The second-order valence-corrected chi connectivity index (χ2v) is 7.08. The third-order valence-corrected chi connectivity index (χ3v) is 4.84. The molecule has 0 fully saturated rings. The minimum absolute atomic E-state index is 0.177. The van der Waals surface area contributed by atoms with E-state index in [1.54, 1.807) is 55.6 Å². The van der Waals surface area contributed by atoms with Gasteiger partial charge in [-0.1, -0.05) is 12.1 Å². The first-order valence-corrected chi connectivity index (χ1v) is 9.83. The monoisotopic (exact) mass is 414 g/mol. The second-order valence-electron chi connectivity index (χ2n) is 7.08. The number of hydrogen-bond acceptors (Lipinski definition) is 4. The molecule has 0 bridgehead atoms. The summed E-state index contributed by atoms with van der Waals surface area (Å²) in [6.07, 6.45) is 3.88. The van der Waals surface area contributed by atoms with E-state index in [0.717, 1.165) is 16.9 Å². The fraction of sp³-hybridized carbons (Fsp3) is 0.125. The Bertz CT molecular complexity index is 1250. The number of carbonyl (C=O) groups excluding carboxylic acids is 2. The van der Waals surface area contributed by atoms with Crippen molar-refractivity contribution in [1.29, 1.82) is 0 Å². The highest BCUT2D eigenvalue weighted by atomic mass is 16.5. The highest BCUT2D eigenvalue weighted by Gasteiger charge is 2.10. The van der Waals surface area contributed by atoms with Crippen molar-refractivity contribution in [2.75, 3.05) is 12.4 Å². The van der Waals surface area contributed by atoms with Gasteiger partial charge in [-0.3, -0.25) is 9.59 Å². The zero-order chi connectivity index (χ0) is 21.8. The SMILES string of the molecule is CNC(=O)c1ccc(NC(=O)c2cccc(OCc3cn4cccc(C)c4n3)c2)cc1. The van der Waals surface area contributed by atoms with Crippen LogP contribution in [0.5, 0.6) is 5.75 Å². The summed E-state index contributed by atoms with van der Waals surface area (Å²) in [5.74, 6) is 0.140. The summed E-state index contributed by atoms with van der Waals surface area (Å²) in [6, 6.07) is 17.7. The van der Waals surface area contributed by atoms with Gasteiger partial charge >= 0.3 is 0 Å². The highest BCUT2D eigenvalue weighted by Crippen LogP contribution is 2.18. The predicted octanol–water partition coefficient (Wildman–Crippen LogP) is 3.83. The van der Waals surface area contributed by atoms with Crippen LogP contribution >= 0.6 is 0 Å². The average molecular weight is 414 g/mol. The summed E-state index contributed by atoms with van der Waals surface area (Å²) >= 11 is 0. The van der Waals surface area contributed by atoms with E-state index in [1.807, 2.05) is 35.9 Å². The van der Waals surface area contributed by atoms with Crippen molar-refractivity contribution in [1.82, 2.24) is 14.7 Å². The number of carbonyl (C=O) groups is 2. The van der Waals surface area contributed by atoms with Crippen LogP contribution in [0, 0.1) is 6.92 Å². The van der Waals surface area contributed by atoms with Crippen molar-refractivity contribution in [3.8, 4) is 5.75 Å². The Morgan fingerprint density at radius 2 is 1.81 bits per heavy atom. The van der Waals surface area contributed by atoms with E-state index in [4.69, 9.17) is 4.74 Å². The fourth-order valence-electron chi connectivity index (χ4n) is 3.21. The van der Waals surface area contributed by atoms with Gasteiger partial charge in [0, 0.05) is 36.3 Å². The molecule has 0 aliphatic carbocycles. The van der Waals surface area contributed by atoms with E-state index < -0.39 is 0 Å². The zero-order valence-electron chi connectivity index (χ0n) is 17.3. The van der Waals surface area contributed by atoms with Crippen LogP contribution in [0.4, 0.5) is 5.69 Å². The Morgan fingerprint density at radius 3 is 2.55 bits per heavy atom. The van der Waals surface area contributed by atoms with Gasteiger partial charge in [0.15, 0.2) is 0 Å². The van der Waals surface area contributed by atoms with Gasteiger partial charge < -0.3 is 19.8 Å². The summed E-state index contributed by atoms with van der Waals surface area (Å²) in [7, 11) is 1.57. The average Bonchev–Trinajstić information content (AvgIpc) is 3.22. The maximum absolute atomic E-state index is 12.6. The molecule has 4 aromatic rings. The van der Waals surface area contributed by atoms with Gasteiger partial charge in [-0.15, -0.1) is 0 Å². The molecule has 31 heavy (non-hydrogen) atoms. The van der Waals surface area contributed by atoms with E-state index in [0.29, 0.717) is 29.2 Å². The molecule has 0 saturated carbocycles. The van der Waals surface area contributed by atoms with Crippen molar-refractivity contribution in [2.45, 2.75) is 13.5 Å². The molecule has 7 heteroatoms. The fourth-order valence-corrected chi connectivity index (χ4v) is 3.21. The van der Waals surface area contributed by atoms with Gasteiger partial charge in [-0.25, -0.2) is 4.98 Å². The summed E-state index contributed by atoms with van der Waals surface area (Å²) < 4.78 is 7.82. The molecule has 0 atom stereocenters. The summed E-state index contributed by atoms with van der Waals surface area (Å²) in [5.41, 5.74) is 4.40. The van der Waals surface area contributed by atoms with Gasteiger partial charge in [0.05, 0.1) is 5.69 Å². The van der Waals surface area contributed by atoms with Crippen LogP contribution < -0.4 is 15.4 Å². The van der Waals surface area contributed by atoms with Crippen molar-refractivity contribution < 1.29 is 14.3 Å². The van der Waals surface area contributed by atoms with E-state index in [2.05, 4.69) is 15.6 Å². The van der Waals surface area contributed by atoms with Crippen molar-refractivity contribution in [3.05, 3.63) is 95.4 Å². The van der Waals surface area contributed by atoms with Crippen LogP contribution in [-0.4, -0.2) is 28.2 Å². The van der Waals surface area contributed by atoms with Crippen LogP contribution in [0.25, 0.3) is 5.65 Å². The lowest BCUT2D eigenvalue weighted by atomic mass is 10.1. The largest absolute Gasteiger partial charge is 0.487 e. The standard InChI is InChI=1S/C24H22N4O3/c1-16-5-4-12-28-14-20(26-22(16)28)15-31-21-7-3-6-18(13-21)24(30)27-19-10-8-17(9-11-19)23(29)25-2/h3-14H,15H2,1-2H3,(H,25,29)(H,27,30). The van der Waals surface area contributed by atoms with E-state index in [1.165, 1.54) is 0 Å². The van der Waals surface area contributed by atoms with Crippen molar-refractivity contribution >= 4 is 23.1 Å². The Kier molecular flexibility index (Phi) is 5.66. The van der Waals surface area contributed by atoms with Crippen LogP contribution in [0.3, 0.4) is 0 Å². The Labute approximate surface area is 179 Å². The van der Waals surface area contributed by atoms with Crippen LogP contribution in [0.15, 0.2) is 73.1 Å². The summed E-state index contributed by atoms with van der Waals surface area (Å²) in [5, 5.41) is 5.39. The molecule has 0 saturated heterocycles. The minimum atomic E-state index is -0.263. The maximum Gasteiger partial charge on any atom is 0.255 e. The number of ether oxygens (including phenoxy) is 1. The number of fused-ring (bicyclic) bond motifs is 1. The van der Waals surface area contributed by atoms with Gasteiger partial charge in [-0.2, -0.15) is 0 Å². The first-order chi connectivity index (χ1) is 15.0. The normalized spacial score (nSPS) is 10.6. The molecule has 0 radical (unpaired) electrons. The number of aromatic nitrogens is 2. The number of nitrogens with zero attached hydrogens (tertiary/aromatic N) is 2. The minimum Gasteiger partial charge on any atom is -0.487 e. The second kappa shape index (κ2) is 8.71. The lowest BCUT2D eigenvalue weighted by Gasteiger charge is -2.08. The molecule has 2 aromatic carbocycles. The molecule has 2 amide bonds. The molecular weight excluding hydrogens is 392 g/mol. The Morgan fingerprint density at radius 1 is 1.00 bits per heavy atom. The smallest absolute Gasteiger partial charge is 0.255 e. The Hall–Kier alpha value is -4.13. The Balaban J connectivity index is 1.41. The van der Waals surface area contributed by atoms with Gasteiger partial charge in [0.25, 0.3) is 11.8 Å². The number of rotatable bonds is 6. The molecule has 2 heterocycles. The van der Waals surface area contributed by atoms with Gasteiger partial charge in [0.1, 0.15) is 18.0 Å². The summed E-state index contributed by atoms with van der Waals surface area (Å²) in [4.78, 5) is 28.8. The summed E-state index contributed by atoms with van der Waals surface area (Å²) in [6.45, 7) is 2.31. The number of benzene rings is 2. The first kappa shape index (κ1) is 20.2. The molecule has 7 nitrogen and oxygen atoms in total. The number of pyridine rings is 1. The van der Waals surface area contributed by atoms with Gasteiger partial charge in [0.2, 0.25) is 0 Å². The number of amides is 2. The van der Waals surface area contributed by atoms with Crippen LogP contribution in [0.2, 0.25) is 0 Å². The van der Waals surface area contributed by atoms with Crippen molar-refractivity contribution in [2.24, 2.45) is 0 Å². The lowest BCUT2D eigenvalue weighted by Crippen LogP contribution is -2.17. The first-order valence-electron chi connectivity index (χ1n) is 9.83. The van der Waals surface area contributed by atoms with Crippen LogP contribution in [0.1, 0.15) is 32.0 Å². The quantitative estimate of drug-likeness (QED) is 0.502. The van der Waals surface area contributed by atoms with Gasteiger partial charge in [-0.05, 0) is 61.0 Å². The van der Waals surface area contributed by atoms with E-state index in [9.17, 15) is 9.59 Å². The highest BCUT2D eigenvalue weighted by molar-refractivity contribution is 6.04. The molecule has 0 aliphatic heterocycles. The van der Waals surface area contributed by atoms with E-state index >= 15 is 0 Å². The number of nitrogens with one attached hydrogen (secondary N) is 2. The molecule has 2 N–H and O–H groups in total. The maximum atomic E-state index is 12.6. The molecular formula is C24H22N4O3. The molecule has 156 valence electrons. The third kappa shape index (κ3) is 4.56. The number of anilines is 1. The zero-order valence-corrected chi connectivity index (χ0v) is 17.3. The topological polar surface area (TPSA) is 84.7 Å². The number of hydrogen-bond donors (Lipinski definition) is 2. The molecule has 0 spiro atoms. The lowest BCUT2D eigenvalue weighted by molar-refractivity contribution is 0.0962. The molecule has 4 rings (SSSR count). The molecule has 0 unspecified atom stereocenters. The third-order valence-electron chi connectivity index (χ3n) is 4.84. The van der Waals surface area contributed by atoms with Crippen LogP contribution in [-0.2, 0) is 6.61 Å².